The molecule has 0 atom stereocenters. The fourth-order valence-corrected chi connectivity index (χ4v) is 3.33. The van der Waals surface area contributed by atoms with Crippen LogP contribution in [0.4, 0.5) is 5.69 Å². The minimum Gasteiger partial charge on any atom is -0.490 e. The molecule has 0 bridgehead atoms. The van der Waals surface area contributed by atoms with Gasteiger partial charge in [0.25, 0.3) is 11.8 Å². The number of nitrogens with zero attached hydrogens (tertiary/aromatic N) is 1. The summed E-state index contributed by atoms with van der Waals surface area (Å²) < 4.78 is 5.73. The molecular weight excluding hydrogens is 352 g/mol. The molecule has 1 N–H and O–H groups in total. The first-order chi connectivity index (χ1) is 13.4. The van der Waals surface area contributed by atoms with Crippen molar-refractivity contribution in [3.8, 4) is 5.75 Å². The molecule has 5 nitrogen and oxygen atoms in total. The van der Waals surface area contributed by atoms with E-state index in [1.54, 1.807) is 42.5 Å². The zero-order valence-corrected chi connectivity index (χ0v) is 16.8. The van der Waals surface area contributed by atoms with Crippen molar-refractivity contribution in [2.45, 2.75) is 39.7 Å². The molecule has 2 aromatic carbocycles. The molecule has 1 aliphatic heterocycles. The molecule has 1 aliphatic rings. The third kappa shape index (κ3) is 4.91. The molecule has 1 heterocycles. The molecule has 0 aromatic heterocycles. The molecule has 2 aromatic rings. The zero-order chi connectivity index (χ0) is 20.1. The van der Waals surface area contributed by atoms with Crippen LogP contribution in [0, 0.1) is 5.92 Å². The van der Waals surface area contributed by atoms with E-state index in [1.165, 1.54) is 0 Å². The van der Waals surface area contributed by atoms with Crippen LogP contribution in [0.15, 0.2) is 48.5 Å². The van der Waals surface area contributed by atoms with Crippen molar-refractivity contribution >= 4 is 17.5 Å². The maximum Gasteiger partial charge on any atom is 0.259 e. The van der Waals surface area contributed by atoms with E-state index in [0.29, 0.717) is 28.5 Å². The minimum atomic E-state index is -0.257. The standard InChI is InChI=1S/C23H28N2O3/c1-16(2)28-21-10-5-4-9-20(21)22(26)24-19-8-6-7-18(15-19)23(27)25-13-11-17(3)12-14-25/h4-10,15-17H,11-14H2,1-3H3,(H,24,26). The van der Waals surface area contributed by atoms with Gasteiger partial charge in [-0.15, -0.1) is 0 Å². The number of hydrogen-bond acceptors (Lipinski definition) is 3. The Bertz CT molecular complexity index is 839. The van der Waals surface area contributed by atoms with Crippen molar-refractivity contribution in [1.82, 2.24) is 4.90 Å². The molecule has 0 spiro atoms. The first-order valence-corrected chi connectivity index (χ1v) is 9.90. The van der Waals surface area contributed by atoms with Gasteiger partial charge in [-0.2, -0.15) is 0 Å². The van der Waals surface area contributed by atoms with Gasteiger partial charge in [-0.3, -0.25) is 9.59 Å². The third-order valence-corrected chi connectivity index (χ3v) is 4.93. The van der Waals surface area contributed by atoms with Crippen LogP contribution in [0.1, 0.15) is 54.3 Å². The molecule has 3 rings (SSSR count). The summed E-state index contributed by atoms with van der Waals surface area (Å²) in [5, 5.41) is 2.89. The van der Waals surface area contributed by atoms with Gasteiger partial charge in [0, 0.05) is 24.3 Å². The Balaban J connectivity index is 1.73. The number of likely N-dealkylation sites (tertiary alicyclic amines) is 1. The maximum absolute atomic E-state index is 12.8. The molecule has 0 unspecified atom stereocenters. The van der Waals surface area contributed by atoms with Gasteiger partial charge in [0.2, 0.25) is 0 Å². The number of piperidine rings is 1. The van der Waals surface area contributed by atoms with Crippen LogP contribution in [0.25, 0.3) is 0 Å². The van der Waals surface area contributed by atoms with Crippen molar-refractivity contribution in [3.05, 3.63) is 59.7 Å². The highest BCUT2D eigenvalue weighted by Crippen LogP contribution is 2.23. The van der Waals surface area contributed by atoms with Gasteiger partial charge in [-0.25, -0.2) is 0 Å². The Labute approximate surface area is 166 Å². The van der Waals surface area contributed by atoms with Gasteiger partial charge in [0.1, 0.15) is 5.75 Å². The highest BCUT2D eigenvalue weighted by Gasteiger charge is 2.22. The Morgan fingerprint density at radius 2 is 1.79 bits per heavy atom. The normalized spacial score (nSPS) is 14.8. The smallest absolute Gasteiger partial charge is 0.259 e. The average molecular weight is 380 g/mol. The fourth-order valence-electron chi connectivity index (χ4n) is 3.33. The molecular formula is C23H28N2O3. The van der Waals surface area contributed by atoms with E-state index < -0.39 is 0 Å². The molecule has 1 saturated heterocycles. The monoisotopic (exact) mass is 380 g/mol. The SMILES string of the molecule is CC1CCN(C(=O)c2cccc(NC(=O)c3ccccc3OC(C)C)c2)CC1. The summed E-state index contributed by atoms with van der Waals surface area (Å²) >= 11 is 0. The highest BCUT2D eigenvalue weighted by molar-refractivity contribution is 6.06. The summed E-state index contributed by atoms with van der Waals surface area (Å²) in [5.41, 5.74) is 1.66. The number of rotatable bonds is 5. The lowest BCUT2D eigenvalue weighted by molar-refractivity contribution is 0.0697. The van der Waals surface area contributed by atoms with E-state index in [1.807, 2.05) is 24.8 Å². The van der Waals surface area contributed by atoms with Crippen LogP contribution in [-0.4, -0.2) is 35.9 Å². The number of carbonyl (C=O) groups excluding carboxylic acids is 2. The second-order valence-electron chi connectivity index (χ2n) is 7.67. The lowest BCUT2D eigenvalue weighted by Crippen LogP contribution is -2.37. The molecule has 148 valence electrons. The second kappa shape index (κ2) is 8.91. The van der Waals surface area contributed by atoms with E-state index in [4.69, 9.17) is 4.74 Å². The predicted molar refractivity (Wildman–Crippen MR) is 111 cm³/mol. The van der Waals surface area contributed by atoms with Crippen LogP contribution in [-0.2, 0) is 0 Å². The molecule has 1 fully saturated rings. The molecule has 0 saturated carbocycles. The average Bonchev–Trinajstić information content (AvgIpc) is 2.68. The van der Waals surface area contributed by atoms with Crippen molar-refractivity contribution in [2.75, 3.05) is 18.4 Å². The topological polar surface area (TPSA) is 58.6 Å². The largest absolute Gasteiger partial charge is 0.490 e. The second-order valence-corrected chi connectivity index (χ2v) is 7.67. The number of anilines is 1. The fraction of sp³-hybridized carbons (Fsp3) is 0.391. The maximum atomic E-state index is 12.8. The van der Waals surface area contributed by atoms with Crippen LogP contribution < -0.4 is 10.1 Å². The number of hydrogen-bond donors (Lipinski definition) is 1. The lowest BCUT2D eigenvalue weighted by atomic mass is 9.98. The Morgan fingerprint density at radius 3 is 2.50 bits per heavy atom. The van der Waals surface area contributed by atoms with E-state index in [2.05, 4.69) is 12.2 Å². The Morgan fingerprint density at radius 1 is 1.07 bits per heavy atom. The quantitative estimate of drug-likeness (QED) is 0.825. The van der Waals surface area contributed by atoms with Crippen LogP contribution in [0.2, 0.25) is 0 Å². The van der Waals surface area contributed by atoms with Crippen molar-refractivity contribution in [2.24, 2.45) is 5.92 Å². The van der Waals surface area contributed by atoms with E-state index in [0.717, 1.165) is 25.9 Å². The molecule has 0 aliphatic carbocycles. The Hall–Kier alpha value is -2.82. The lowest BCUT2D eigenvalue weighted by Gasteiger charge is -2.30. The number of carbonyl (C=O) groups is 2. The molecule has 2 amide bonds. The zero-order valence-electron chi connectivity index (χ0n) is 16.8. The summed E-state index contributed by atoms with van der Waals surface area (Å²) in [4.78, 5) is 27.4. The molecule has 5 heteroatoms. The number of benzene rings is 2. The van der Waals surface area contributed by atoms with Crippen LogP contribution in [0.5, 0.6) is 5.75 Å². The van der Waals surface area contributed by atoms with Gasteiger partial charge in [0.05, 0.1) is 11.7 Å². The summed E-state index contributed by atoms with van der Waals surface area (Å²) in [6.45, 7) is 7.64. The molecule has 28 heavy (non-hydrogen) atoms. The van der Waals surface area contributed by atoms with E-state index in [-0.39, 0.29) is 17.9 Å². The first-order valence-electron chi connectivity index (χ1n) is 9.90. The van der Waals surface area contributed by atoms with Crippen LogP contribution in [0.3, 0.4) is 0 Å². The van der Waals surface area contributed by atoms with Crippen molar-refractivity contribution in [3.63, 3.8) is 0 Å². The first kappa shape index (κ1) is 19.9. The van der Waals surface area contributed by atoms with Gasteiger partial charge >= 0.3 is 0 Å². The highest BCUT2D eigenvalue weighted by atomic mass is 16.5. The van der Waals surface area contributed by atoms with Crippen molar-refractivity contribution in [1.29, 1.82) is 0 Å². The predicted octanol–water partition coefficient (Wildman–Crippen LogP) is 4.60. The molecule has 0 radical (unpaired) electrons. The summed E-state index contributed by atoms with van der Waals surface area (Å²) in [6.07, 6.45) is 2.05. The number of nitrogens with one attached hydrogen (secondary N) is 1. The van der Waals surface area contributed by atoms with Crippen LogP contribution >= 0.6 is 0 Å². The van der Waals surface area contributed by atoms with Gasteiger partial charge in [0.15, 0.2) is 0 Å². The number of amides is 2. The Kier molecular flexibility index (Phi) is 6.34. The summed E-state index contributed by atoms with van der Waals surface area (Å²) in [7, 11) is 0. The van der Waals surface area contributed by atoms with E-state index in [9.17, 15) is 9.59 Å². The minimum absolute atomic E-state index is 0.0199. The van der Waals surface area contributed by atoms with Gasteiger partial charge in [-0.1, -0.05) is 25.1 Å². The van der Waals surface area contributed by atoms with Gasteiger partial charge in [-0.05, 0) is 62.9 Å². The van der Waals surface area contributed by atoms with Crippen molar-refractivity contribution < 1.29 is 14.3 Å². The number of para-hydroxylation sites is 1. The van der Waals surface area contributed by atoms with E-state index >= 15 is 0 Å². The third-order valence-electron chi connectivity index (χ3n) is 4.93. The summed E-state index contributed by atoms with van der Waals surface area (Å²) in [5.74, 6) is 0.978. The summed E-state index contributed by atoms with van der Waals surface area (Å²) in [6, 6.07) is 14.3. The number of ether oxygens (including phenoxy) is 1. The van der Waals surface area contributed by atoms with Gasteiger partial charge < -0.3 is 15.0 Å².